The first-order valence-electron chi connectivity index (χ1n) is 10.5. The quantitative estimate of drug-likeness (QED) is 0.286. The van der Waals surface area contributed by atoms with Gasteiger partial charge in [-0.05, 0) is 28.3 Å². The van der Waals surface area contributed by atoms with Gasteiger partial charge in [0.2, 0.25) is 0 Å². The minimum atomic E-state index is 0. The fraction of sp³-hybridized carbons (Fsp3) is 0.138. The molecule has 4 aromatic carbocycles. The summed E-state index contributed by atoms with van der Waals surface area (Å²) in [5.41, 5.74) is 6.92. The van der Waals surface area contributed by atoms with Crippen LogP contribution in [0.25, 0.3) is 32.7 Å². The third-order valence-corrected chi connectivity index (χ3v) is 5.79. The fourth-order valence-electron chi connectivity index (χ4n) is 4.53. The first-order chi connectivity index (χ1) is 14.6. The van der Waals surface area contributed by atoms with Gasteiger partial charge in [0.15, 0.2) is 0 Å². The number of benzene rings is 4. The summed E-state index contributed by atoms with van der Waals surface area (Å²) in [6, 6.07) is 26.1. The molecule has 0 aromatic heterocycles. The van der Waals surface area contributed by atoms with E-state index in [1.165, 1.54) is 52.6 Å². The summed E-state index contributed by atoms with van der Waals surface area (Å²) in [4.78, 5) is 0. The third-order valence-electron chi connectivity index (χ3n) is 5.79. The number of hydrogen-bond acceptors (Lipinski definition) is 0. The maximum Gasteiger partial charge on any atom is 0.00333 e. The first kappa shape index (κ1) is 24.8. The van der Waals surface area contributed by atoms with Crippen LogP contribution in [0.1, 0.15) is 36.5 Å². The molecule has 2 aliphatic rings. The Morgan fingerprint density at radius 3 is 2.09 bits per heavy atom. The SMILES string of the molecule is C[C](C)=[Zr+2].[Cl-].[Cl-].[c-]1c(C2C=CC=C2)ccc2ccc3c(c12)-c1c(ccc2ccccc12)C3. The standard InChI is InChI=1S/C26H17.C3H6.2ClH.Zr/c1-2-6-17(5-1)20-12-9-19-11-14-22-15-21-13-10-18-7-3-4-8-23(18)25(21)26(22)24(19)16-20;1-3-2;;;/h1-14,17H,15H2;1-2H3;2*1H;/q-1;;;;+2/p-2. The Bertz CT molecular complexity index is 1350. The Morgan fingerprint density at radius 2 is 1.38 bits per heavy atom. The van der Waals surface area contributed by atoms with E-state index in [4.69, 9.17) is 0 Å². The minimum Gasteiger partial charge on any atom is -1.00 e. The summed E-state index contributed by atoms with van der Waals surface area (Å²) in [5.74, 6) is 0.351. The molecule has 0 aliphatic heterocycles. The second-order valence-electron chi connectivity index (χ2n) is 8.27. The normalized spacial score (nSPS) is 13.1. The zero-order chi connectivity index (χ0) is 20.7. The van der Waals surface area contributed by atoms with Gasteiger partial charge in [-0.25, -0.2) is 0 Å². The van der Waals surface area contributed by atoms with Crippen LogP contribution < -0.4 is 24.8 Å². The first-order valence-corrected chi connectivity index (χ1v) is 11.7. The fourth-order valence-corrected chi connectivity index (χ4v) is 4.53. The van der Waals surface area contributed by atoms with Crippen molar-refractivity contribution in [3.63, 3.8) is 0 Å². The van der Waals surface area contributed by atoms with Gasteiger partial charge in [-0.1, -0.05) is 84.0 Å². The summed E-state index contributed by atoms with van der Waals surface area (Å²) >= 11 is 1.55. The zero-order valence-corrected chi connectivity index (χ0v) is 22.1. The predicted molar refractivity (Wildman–Crippen MR) is 126 cm³/mol. The van der Waals surface area contributed by atoms with Gasteiger partial charge in [-0.2, -0.15) is 0 Å². The molecule has 158 valence electrons. The van der Waals surface area contributed by atoms with Gasteiger partial charge >= 0.3 is 41.3 Å². The molecule has 0 heterocycles. The number of hydrogen-bond donors (Lipinski definition) is 0. The smallest absolute Gasteiger partial charge is 0.00333 e. The number of fused-ring (bicyclic) bond motifs is 7. The summed E-state index contributed by atoms with van der Waals surface area (Å²) in [6.07, 6.45) is 9.75. The Hall–Kier alpha value is -1.79. The van der Waals surface area contributed by atoms with Crippen molar-refractivity contribution < 1.29 is 49.0 Å². The van der Waals surface area contributed by atoms with Crippen LogP contribution in [0.15, 0.2) is 85.0 Å². The van der Waals surface area contributed by atoms with Gasteiger partial charge in [0.05, 0.1) is 0 Å². The van der Waals surface area contributed by atoms with Crippen LogP contribution in [0.3, 0.4) is 0 Å². The van der Waals surface area contributed by atoms with E-state index < -0.39 is 0 Å². The topological polar surface area (TPSA) is 0 Å². The molecule has 32 heavy (non-hydrogen) atoms. The van der Waals surface area contributed by atoms with Gasteiger partial charge in [-0.3, -0.25) is 0 Å². The van der Waals surface area contributed by atoms with E-state index in [1.54, 1.807) is 24.2 Å². The van der Waals surface area contributed by atoms with Crippen LogP contribution in [-0.4, -0.2) is 3.21 Å². The summed E-state index contributed by atoms with van der Waals surface area (Å²) in [7, 11) is 0. The summed E-state index contributed by atoms with van der Waals surface area (Å²) < 4.78 is 1.51. The molecule has 0 unspecified atom stereocenters. The Kier molecular flexibility index (Phi) is 8.10. The van der Waals surface area contributed by atoms with Crippen LogP contribution in [0.5, 0.6) is 0 Å². The number of rotatable bonds is 1. The molecule has 0 bridgehead atoms. The molecule has 0 saturated carbocycles. The summed E-state index contributed by atoms with van der Waals surface area (Å²) in [5, 5.41) is 5.22. The molecule has 0 nitrogen and oxygen atoms in total. The molecule has 0 amide bonds. The van der Waals surface area contributed by atoms with Crippen LogP contribution in [0.2, 0.25) is 0 Å². The maximum atomic E-state index is 3.77. The van der Waals surface area contributed by atoms with Crippen LogP contribution in [0, 0.1) is 6.07 Å². The van der Waals surface area contributed by atoms with Crippen molar-refractivity contribution in [1.29, 1.82) is 0 Å². The molecule has 0 radical (unpaired) electrons. The molecule has 0 N–H and O–H groups in total. The molecule has 0 fully saturated rings. The number of halogens is 2. The largest absolute Gasteiger partial charge is 1.00 e. The number of allylic oxidation sites excluding steroid dienone is 4. The molecule has 4 aromatic rings. The molecule has 2 aliphatic carbocycles. The van der Waals surface area contributed by atoms with Crippen molar-refractivity contribution >= 4 is 24.8 Å². The molecular formula is C29H23Cl2Zr-. The van der Waals surface area contributed by atoms with Gasteiger partial charge in [-0.15, -0.1) is 34.5 Å². The molecule has 6 rings (SSSR count). The van der Waals surface area contributed by atoms with Crippen molar-refractivity contribution in [2.45, 2.75) is 26.2 Å². The predicted octanol–water partition coefficient (Wildman–Crippen LogP) is 1.33. The molecule has 0 atom stereocenters. The van der Waals surface area contributed by atoms with Crippen molar-refractivity contribution in [3.05, 3.63) is 108 Å². The Morgan fingerprint density at radius 1 is 0.781 bits per heavy atom. The van der Waals surface area contributed by atoms with E-state index in [-0.39, 0.29) is 24.8 Å². The van der Waals surface area contributed by atoms with Crippen LogP contribution in [-0.2, 0) is 30.7 Å². The van der Waals surface area contributed by atoms with Crippen molar-refractivity contribution in [2.24, 2.45) is 0 Å². The molecule has 0 spiro atoms. The molecule has 3 heteroatoms. The molecular weight excluding hydrogens is 510 g/mol. The monoisotopic (exact) mass is 531 g/mol. The second kappa shape index (κ2) is 10.4. The van der Waals surface area contributed by atoms with Gasteiger partial charge in [0.1, 0.15) is 0 Å². The molecule has 0 saturated heterocycles. The van der Waals surface area contributed by atoms with Crippen molar-refractivity contribution in [2.75, 3.05) is 0 Å². The third kappa shape index (κ3) is 4.62. The van der Waals surface area contributed by atoms with E-state index >= 15 is 0 Å². The maximum absolute atomic E-state index is 3.77. The van der Waals surface area contributed by atoms with E-state index in [1.807, 2.05) is 0 Å². The van der Waals surface area contributed by atoms with E-state index in [9.17, 15) is 0 Å². The average molecular weight is 534 g/mol. The van der Waals surface area contributed by atoms with E-state index in [0.29, 0.717) is 5.92 Å². The van der Waals surface area contributed by atoms with Crippen molar-refractivity contribution in [3.8, 4) is 11.1 Å². The van der Waals surface area contributed by atoms with E-state index in [0.717, 1.165) is 6.42 Å². The van der Waals surface area contributed by atoms with Gasteiger partial charge in [0.25, 0.3) is 0 Å². The Labute approximate surface area is 217 Å². The minimum absolute atomic E-state index is 0. The summed E-state index contributed by atoms with van der Waals surface area (Å²) in [6.45, 7) is 4.25. The second-order valence-corrected chi connectivity index (χ2v) is 10.7. The zero-order valence-electron chi connectivity index (χ0n) is 18.1. The van der Waals surface area contributed by atoms with Crippen molar-refractivity contribution in [1.82, 2.24) is 0 Å². The van der Waals surface area contributed by atoms with Crippen LogP contribution in [0.4, 0.5) is 0 Å². The van der Waals surface area contributed by atoms with E-state index in [2.05, 4.69) is 105 Å². The Balaban J connectivity index is 0.000000448. The van der Waals surface area contributed by atoms with Crippen LogP contribution >= 0.6 is 0 Å². The average Bonchev–Trinajstić information content (AvgIpc) is 3.41. The van der Waals surface area contributed by atoms with Gasteiger partial charge < -0.3 is 24.8 Å². The van der Waals surface area contributed by atoms with Gasteiger partial charge in [0, 0.05) is 5.92 Å².